The van der Waals surface area contributed by atoms with Crippen LogP contribution in [0, 0.1) is 27.7 Å². The molecule has 0 aliphatic carbocycles. The largest absolute Gasteiger partial charge is 0.468 e. The molecule has 8 heteroatoms. The Kier molecular flexibility index (Phi) is 6.94. The van der Waals surface area contributed by atoms with Gasteiger partial charge < -0.3 is 4.42 Å². The summed E-state index contributed by atoms with van der Waals surface area (Å²) in [4.78, 5) is 28.0. The zero-order valence-corrected chi connectivity index (χ0v) is 22.3. The Morgan fingerprint density at radius 3 is 2.14 bits per heavy atom. The summed E-state index contributed by atoms with van der Waals surface area (Å²) in [6.07, 6.45) is 1.21. The Hall–Kier alpha value is -3.23. The molecule has 0 radical (unpaired) electrons. The Morgan fingerprint density at radius 1 is 1.00 bits per heavy atom. The topological polar surface area (TPSA) is 87.9 Å². The van der Waals surface area contributed by atoms with Gasteiger partial charge in [0.05, 0.1) is 29.8 Å². The van der Waals surface area contributed by atoms with Crippen LogP contribution in [0.25, 0.3) is 0 Å². The Bertz CT molecular complexity index is 1380. The molecule has 1 aromatic heterocycles. The van der Waals surface area contributed by atoms with Crippen LogP contribution in [0.4, 0.5) is 5.69 Å². The molecule has 7 nitrogen and oxygen atoms in total. The molecule has 190 valence electrons. The molecular weight excluding hydrogens is 476 g/mol. The summed E-state index contributed by atoms with van der Waals surface area (Å²) in [5, 5.41) is 0. The van der Waals surface area contributed by atoms with Crippen molar-refractivity contribution in [3.63, 3.8) is 0 Å². The molecule has 0 saturated carbocycles. The summed E-state index contributed by atoms with van der Waals surface area (Å²) < 4.78 is 35.0. The van der Waals surface area contributed by atoms with Crippen molar-refractivity contribution in [2.24, 2.45) is 0 Å². The Morgan fingerprint density at radius 2 is 1.61 bits per heavy atom. The van der Waals surface area contributed by atoms with Crippen LogP contribution in [-0.2, 0) is 26.2 Å². The minimum absolute atomic E-state index is 0.162. The van der Waals surface area contributed by atoms with E-state index in [-0.39, 0.29) is 17.9 Å². The smallest absolute Gasteiger partial charge is 0.252 e. The number of amides is 2. The van der Waals surface area contributed by atoms with Gasteiger partial charge in [-0.1, -0.05) is 32.0 Å². The first kappa shape index (κ1) is 25.9. The van der Waals surface area contributed by atoms with E-state index in [2.05, 4.69) is 13.8 Å². The van der Waals surface area contributed by atoms with Gasteiger partial charge in [0, 0.05) is 0 Å². The summed E-state index contributed by atoms with van der Waals surface area (Å²) in [7, 11) is -4.17. The molecule has 1 atom stereocenters. The molecule has 1 saturated heterocycles. The lowest BCUT2D eigenvalue weighted by Gasteiger charge is -2.28. The van der Waals surface area contributed by atoms with Crippen LogP contribution in [0.15, 0.2) is 58.0 Å². The molecule has 0 spiro atoms. The third kappa shape index (κ3) is 4.51. The second kappa shape index (κ2) is 9.67. The number of hydrogen-bond acceptors (Lipinski definition) is 5. The molecule has 2 heterocycles. The van der Waals surface area contributed by atoms with Gasteiger partial charge in [0.1, 0.15) is 11.8 Å². The van der Waals surface area contributed by atoms with Gasteiger partial charge in [0.25, 0.3) is 5.91 Å². The van der Waals surface area contributed by atoms with Gasteiger partial charge in [-0.3, -0.25) is 9.59 Å². The number of furan rings is 1. The number of sulfonamides is 1. The minimum atomic E-state index is -4.17. The zero-order valence-electron chi connectivity index (χ0n) is 21.5. The monoisotopic (exact) mass is 508 g/mol. The number of carbonyl (C=O) groups is 2. The number of imide groups is 1. The van der Waals surface area contributed by atoms with Crippen molar-refractivity contribution in [2.75, 3.05) is 4.90 Å². The number of hydrogen-bond donors (Lipinski definition) is 0. The molecular formula is C28H32N2O5S. The van der Waals surface area contributed by atoms with E-state index in [0.29, 0.717) is 28.5 Å². The van der Waals surface area contributed by atoms with E-state index in [1.54, 1.807) is 38.1 Å². The number of carbonyl (C=O) groups excluding carboxylic acids is 2. The van der Waals surface area contributed by atoms with E-state index in [9.17, 15) is 18.0 Å². The van der Waals surface area contributed by atoms with Crippen LogP contribution in [0.2, 0.25) is 0 Å². The van der Waals surface area contributed by atoms with Gasteiger partial charge in [-0.05, 0) is 85.7 Å². The lowest BCUT2D eigenvalue weighted by Crippen LogP contribution is -2.45. The fourth-order valence-corrected chi connectivity index (χ4v) is 6.85. The van der Waals surface area contributed by atoms with Crippen LogP contribution < -0.4 is 4.90 Å². The van der Waals surface area contributed by atoms with Crippen LogP contribution in [0.5, 0.6) is 0 Å². The first-order chi connectivity index (χ1) is 16.9. The summed E-state index contributed by atoms with van der Waals surface area (Å²) in [5.41, 5.74) is 4.45. The molecule has 3 aromatic rings. The maximum Gasteiger partial charge on any atom is 0.252 e. The maximum atomic E-state index is 14.2. The van der Waals surface area contributed by atoms with E-state index >= 15 is 0 Å². The number of rotatable bonds is 7. The standard InChI is InChI=1S/C28H32N2O5S/c1-17(2)22-9-11-23(12-10-22)30-26(31)15-25(28(30)32)29(16-24-8-7-13-35-24)36(33,34)27-20(5)18(3)14-19(4)21(27)6/h7-14,17,25H,15-16H2,1-6H3. The van der Waals surface area contributed by atoms with Crippen LogP contribution in [0.1, 0.15) is 59.8 Å². The number of aryl methyl sites for hydroxylation is 2. The summed E-state index contributed by atoms with van der Waals surface area (Å²) in [6.45, 7) is 11.2. The van der Waals surface area contributed by atoms with Crippen molar-refractivity contribution in [3.05, 3.63) is 82.3 Å². The van der Waals surface area contributed by atoms with Crippen molar-refractivity contribution in [2.45, 2.75) is 71.4 Å². The molecule has 0 bridgehead atoms. The molecule has 36 heavy (non-hydrogen) atoms. The fourth-order valence-electron chi connectivity index (χ4n) is 4.72. The van der Waals surface area contributed by atoms with Crippen LogP contribution in [0.3, 0.4) is 0 Å². The molecule has 1 aliphatic heterocycles. The Labute approximate surface area is 212 Å². The zero-order chi connectivity index (χ0) is 26.4. The van der Waals surface area contributed by atoms with Crippen LogP contribution in [-0.4, -0.2) is 30.6 Å². The van der Waals surface area contributed by atoms with Gasteiger partial charge in [-0.15, -0.1) is 0 Å². The number of benzene rings is 2. The van der Waals surface area contributed by atoms with Gasteiger partial charge >= 0.3 is 0 Å². The predicted molar refractivity (Wildman–Crippen MR) is 138 cm³/mol. The number of anilines is 1. The van der Waals surface area contributed by atoms with E-state index in [0.717, 1.165) is 25.9 Å². The Balaban J connectivity index is 1.79. The van der Waals surface area contributed by atoms with E-state index in [4.69, 9.17) is 4.42 Å². The summed E-state index contributed by atoms with van der Waals surface area (Å²) >= 11 is 0. The lowest BCUT2D eigenvalue weighted by atomic mass is 10.0. The van der Waals surface area contributed by atoms with Crippen molar-refractivity contribution < 1.29 is 22.4 Å². The average Bonchev–Trinajstić information content (AvgIpc) is 3.43. The van der Waals surface area contributed by atoms with Crippen molar-refractivity contribution in [1.29, 1.82) is 0 Å². The van der Waals surface area contributed by atoms with Crippen molar-refractivity contribution in [1.82, 2.24) is 4.31 Å². The lowest BCUT2D eigenvalue weighted by molar-refractivity contribution is -0.122. The summed E-state index contributed by atoms with van der Waals surface area (Å²) in [5.74, 6) is -0.309. The van der Waals surface area contributed by atoms with Gasteiger partial charge in [-0.25, -0.2) is 13.3 Å². The highest BCUT2D eigenvalue weighted by molar-refractivity contribution is 7.89. The van der Waals surface area contributed by atoms with E-state index < -0.39 is 27.9 Å². The third-order valence-electron chi connectivity index (χ3n) is 7.04. The first-order valence-electron chi connectivity index (χ1n) is 12.0. The van der Waals surface area contributed by atoms with Crippen molar-refractivity contribution >= 4 is 27.5 Å². The number of nitrogens with zero attached hydrogens (tertiary/aromatic N) is 2. The van der Waals surface area contributed by atoms with Crippen molar-refractivity contribution in [3.8, 4) is 0 Å². The highest BCUT2D eigenvalue weighted by Crippen LogP contribution is 2.35. The highest BCUT2D eigenvalue weighted by atomic mass is 32.2. The molecule has 1 unspecified atom stereocenters. The average molecular weight is 509 g/mol. The second-order valence-corrected chi connectivity index (χ2v) is 11.6. The fraction of sp³-hybridized carbons (Fsp3) is 0.357. The maximum absolute atomic E-state index is 14.2. The summed E-state index contributed by atoms with van der Waals surface area (Å²) in [6, 6.07) is 11.3. The third-order valence-corrected chi connectivity index (χ3v) is 9.17. The molecule has 2 amide bonds. The SMILES string of the molecule is Cc1cc(C)c(C)c(S(=O)(=O)N(Cc2ccco2)C2CC(=O)N(c3ccc(C(C)C)cc3)C2=O)c1C. The first-order valence-corrected chi connectivity index (χ1v) is 13.5. The highest BCUT2D eigenvalue weighted by Gasteiger charge is 2.48. The quantitative estimate of drug-likeness (QED) is 0.412. The molecule has 1 fully saturated rings. The van der Waals surface area contributed by atoms with E-state index in [1.165, 1.54) is 6.26 Å². The predicted octanol–water partition coefficient (Wildman–Crippen LogP) is 5.16. The minimum Gasteiger partial charge on any atom is -0.468 e. The van der Waals surface area contributed by atoms with Gasteiger partial charge in [0.2, 0.25) is 15.9 Å². The molecule has 2 aromatic carbocycles. The normalized spacial score (nSPS) is 16.6. The molecule has 0 N–H and O–H groups in total. The molecule has 4 rings (SSSR count). The van der Waals surface area contributed by atoms with Gasteiger partial charge in [-0.2, -0.15) is 4.31 Å². The van der Waals surface area contributed by atoms with Crippen LogP contribution >= 0.6 is 0 Å². The van der Waals surface area contributed by atoms with Gasteiger partial charge in [0.15, 0.2) is 0 Å². The molecule has 1 aliphatic rings. The second-order valence-electron chi connectivity index (χ2n) is 9.75. The van der Waals surface area contributed by atoms with E-state index in [1.807, 2.05) is 32.0 Å².